The molecule has 0 bridgehead atoms. The van der Waals surface area contributed by atoms with Crippen molar-refractivity contribution in [1.82, 2.24) is 4.90 Å². The fourth-order valence-electron chi connectivity index (χ4n) is 2.22. The molecule has 0 aromatic heterocycles. The van der Waals surface area contributed by atoms with Crippen molar-refractivity contribution in [2.24, 2.45) is 0 Å². The van der Waals surface area contributed by atoms with Crippen LogP contribution in [-0.4, -0.2) is 31.3 Å². The van der Waals surface area contributed by atoms with Crippen LogP contribution in [0.2, 0.25) is 0 Å². The van der Waals surface area contributed by atoms with Gasteiger partial charge in [0.05, 0.1) is 0 Å². The van der Waals surface area contributed by atoms with E-state index in [1.807, 2.05) is 18.2 Å². The molecule has 0 spiro atoms. The highest BCUT2D eigenvalue weighted by molar-refractivity contribution is 5.77. The van der Waals surface area contributed by atoms with Crippen LogP contribution in [0.5, 0.6) is 17.2 Å². The van der Waals surface area contributed by atoms with E-state index in [0.29, 0.717) is 23.7 Å². The van der Waals surface area contributed by atoms with Gasteiger partial charge in [-0.05, 0) is 42.0 Å². The molecule has 0 fully saturated rings. The van der Waals surface area contributed by atoms with Crippen LogP contribution in [0.1, 0.15) is 5.56 Å². The second-order valence-corrected chi connectivity index (χ2v) is 5.30. The molecule has 6 nitrogen and oxygen atoms in total. The predicted octanol–water partition coefficient (Wildman–Crippen LogP) is 2.03. The van der Waals surface area contributed by atoms with E-state index in [1.165, 1.54) is 0 Å². The van der Waals surface area contributed by atoms with Gasteiger partial charge in [-0.1, -0.05) is 6.07 Å². The maximum Gasteiger partial charge on any atom is 0.260 e. The first-order valence-corrected chi connectivity index (χ1v) is 7.22. The van der Waals surface area contributed by atoms with Gasteiger partial charge in [-0.2, -0.15) is 0 Å². The second-order valence-electron chi connectivity index (χ2n) is 5.30. The molecule has 1 aliphatic heterocycles. The van der Waals surface area contributed by atoms with Crippen molar-refractivity contribution in [2.75, 3.05) is 26.2 Å². The van der Waals surface area contributed by atoms with Crippen molar-refractivity contribution in [3.05, 3.63) is 48.0 Å². The minimum absolute atomic E-state index is 0.0228. The van der Waals surface area contributed by atoms with Crippen molar-refractivity contribution in [2.45, 2.75) is 6.54 Å². The van der Waals surface area contributed by atoms with Crippen LogP contribution in [-0.2, 0) is 11.3 Å². The second kappa shape index (κ2) is 6.48. The molecule has 2 aromatic carbocycles. The number of nitrogens with two attached hydrogens (primary N) is 1. The monoisotopic (exact) mass is 314 g/mol. The van der Waals surface area contributed by atoms with E-state index in [0.717, 1.165) is 11.3 Å². The quantitative estimate of drug-likeness (QED) is 0.855. The average Bonchev–Trinajstić information content (AvgIpc) is 3.01. The molecule has 23 heavy (non-hydrogen) atoms. The van der Waals surface area contributed by atoms with Crippen molar-refractivity contribution < 1.29 is 19.0 Å². The van der Waals surface area contributed by atoms with Crippen molar-refractivity contribution in [1.29, 1.82) is 0 Å². The van der Waals surface area contributed by atoms with E-state index in [2.05, 4.69) is 0 Å². The van der Waals surface area contributed by atoms with Crippen molar-refractivity contribution in [3.8, 4) is 17.2 Å². The van der Waals surface area contributed by atoms with Gasteiger partial charge in [0.1, 0.15) is 5.75 Å². The number of hydrogen-bond donors (Lipinski definition) is 1. The molecule has 0 unspecified atom stereocenters. The number of nitrogens with zero attached hydrogens (tertiary/aromatic N) is 1. The van der Waals surface area contributed by atoms with Crippen LogP contribution in [0.15, 0.2) is 42.5 Å². The third-order valence-electron chi connectivity index (χ3n) is 3.52. The fraction of sp³-hybridized carbons (Fsp3) is 0.235. The summed E-state index contributed by atoms with van der Waals surface area (Å²) in [6.07, 6.45) is 0. The summed E-state index contributed by atoms with van der Waals surface area (Å²) in [5.41, 5.74) is 7.23. The summed E-state index contributed by atoms with van der Waals surface area (Å²) < 4.78 is 16.1. The molecule has 1 aliphatic rings. The van der Waals surface area contributed by atoms with Crippen LogP contribution in [0.3, 0.4) is 0 Å². The Morgan fingerprint density at radius 1 is 1.17 bits per heavy atom. The van der Waals surface area contributed by atoms with Gasteiger partial charge >= 0.3 is 0 Å². The summed E-state index contributed by atoms with van der Waals surface area (Å²) in [5.74, 6) is 1.94. The SMILES string of the molecule is CN(Cc1ccc2c(c1)OCO2)C(=O)COc1ccc(N)cc1. The molecule has 1 amide bonds. The van der Waals surface area contributed by atoms with Gasteiger partial charge < -0.3 is 24.8 Å². The van der Waals surface area contributed by atoms with E-state index in [4.69, 9.17) is 19.9 Å². The third-order valence-corrected chi connectivity index (χ3v) is 3.52. The van der Waals surface area contributed by atoms with Gasteiger partial charge in [-0.25, -0.2) is 0 Å². The Bertz CT molecular complexity index is 700. The number of fused-ring (bicyclic) bond motifs is 1. The van der Waals surface area contributed by atoms with Crippen LogP contribution in [0, 0.1) is 0 Å². The van der Waals surface area contributed by atoms with Gasteiger partial charge in [-0.15, -0.1) is 0 Å². The Morgan fingerprint density at radius 3 is 2.70 bits per heavy atom. The zero-order valence-electron chi connectivity index (χ0n) is 12.8. The Hall–Kier alpha value is -2.89. The normalized spacial score (nSPS) is 12.0. The Kier molecular flexibility index (Phi) is 4.23. The number of ether oxygens (including phenoxy) is 3. The summed E-state index contributed by atoms with van der Waals surface area (Å²) in [6, 6.07) is 12.6. The minimum Gasteiger partial charge on any atom is -0.484 e. The first-order valence-electron chi connectivity index (χ1n) is 7.22. The Balaban J connectivity index is 1.54. The van der Waals surface area contributed by atoms with E-state index in [-0.39, 0.29) is 19.3 Å². The molecular weight excluding hydrogens is 296 g/mol. The van der Waals surface area contributed by atoms with E-state index in [9.17, 15) is 4.79 Å². The third kappa shape index (κ3) is 3.66. The lowest BCUT2D eigenvalue weighted by Gasteiger charge is -2.18. The molecule has 1 heterocycles. The maximum absolute atomic E-state index is 12.1. The van der Waals surface area contributed by atoms with Crippen LogP contribution in [0.25, 0.3) is 0 Å². The number of benzene rings is 2. The van der Waals surface area contributed by atoms with Gasteiger partial charge in [0.15, 0.2) is 18.1 Å². The molecule has 0 atom stereocenters. The summed E-state index contributed by atoms with van der Waals surface area (Å²) >= 11 is 0. The Labute approximate surface area is 134 Å². The number of amides is 1. The van der Waals surface area contributed by atoms with Crippen LogP contribution >= 0.6 is 0 Å². The number of hydrogen-bond acceptors (Lipinski definition) is 5. The van der Waals surface area contributed by atoms with Crippen LogP contribution < -0.4 is 19.9 Å². The molecule has 2 aromatic rings. The molecule has 6 heteroatoms. The van der Waals surface area contributed by atoms with E-state index < -0.39 is 0 Å². The highest BCUT2D eigenvalue weighted by Gasteiger charge is 2.15. The number of anilines is 1. The van der Waals surface area contributed by atoms with Crippen LogP contribution in [0.4, 0.5) is 5.69 Å². The lowest BCUT2D eigenvalue weighted by atomic mass is 10.2. The number of rotatable bonds is 5. The van der Waals surface area contributed by atoms with Gasteiger partial charge in [0, 0.05) is 19.3 Å². The number of carbonyl (C=O) groups excluding carboxylic acids is 1. The van der Waals surface area contributed by atoms with Gasteiger partial charge in [0.2, 0.25) is 6.79 Å². The minimum atomic E-state index is -0.112. The first kappa shape index (κ1) is 15.0. The van der Waals surface area contributed by atoms with E-state index >= 15 is 0 Å². The topological polar surface area (TPSA) is 74.0 Å². The number of nitrogen functional groups attached to an aromatic ring is 1. The predicted molar refractivity (Wildman–Crippen MR) is 85.4 cm³/mol. The lowest BCUT2D eigenvalue weighted by molar-refractivity contribution is -0.132. The summed E-state index contributed by atoms with van der Waals surface area (Å²) in [6.45, 7) is 0.689. The highest BCUT2D eigenvalue weighted by atomic mass is 16.7. The van der Waals surface area contributed by atoms with E-state index in [1.54, 1.807) is 36.2 Å². The molecule has 120 valence electrons. The van der Waals surface area contributed by atoms with Crippen molar-refractivity contribution in [3.63, 3.8) is 0 Å². The highest BCUT2D eigenvalue weighted by Crippen LogP contribution is 2.32. The Morgan fingerprint density at radius 2 is 1.91 bits per heavy atom. The summed E-state index contributed by atoms with van der Waals surface area (Å²) in [4.78, 5) is 13.7. The molecular formula is C17H18N2O4. The maximum atomic E-state index is 12.1. The average molecular weight is 314 g/mol. The van der Waals surface area contributed by atoms with Crippen molar-refractivity contribution >= 4 is 11.6 Å². The summed E-state index contributed by atoms with van der Waals surface area (Å²) in [7, 11) is 1.74. The lowest BCUT2D eigenvalue weighted by Crippen LogP contribution is -2.30. The first-order chi connectivity index (χ1) is 11.1. The number of likely N-dealkylation sites (N-methyl/N-ethyl adjacent to an activating group) is 1. The molecule has 3 rings (SSSR count). The molecule has 0 aliphatic carbocycles. The van der Waals surface area contributed by atoms with Gasteiger partial charge in [-0.3, -0.25) is 4.79 Å². The molecule has 0 saturated heterocycles. The standard InChI is InChI=1S/C17H18N2O4/c1-19(9-12-2-7-15-16(8-12)23-11-22-15)17(20)10-21-14-5-3-13(18)4-6-14/h2-8H,9-11,18H2,1H3. The molecule has 0 radical (unpaired) electrons. The smallest absolute Gasteiger partial charge is 0.260 e. The largest absolute Gasteiger partial charge is 0.484 e. The fourth-order valence-corrected chi connectivity index (χ4v) is 2.22. The summed E-state index contributed by atoms with van der Waals surface area (Å²) in [5, 5.41) is 0. The molecule has 2 N–H and O–H groups in total. The van der Waals surface area contributed by atoms with Gasteiger partial charge in [0.25, 0.3) is 5.91 Å². The zero-order chi connectivity index (χ0) is 16.2. The zero-order valence-corrected chi connectivity index (χ0v) is 12.8. The molecule has 0 saturated carbocycles. The number of carbonyl (C=O) groups is 1.